The molecule has 1 aliphatic heterocycles. The average molecular weight is 238 g/mol. The van der Waals surface area contributed by atoms with Gasteiger partial charge in [-0.25, -0.2) is 0 Å². The summed E-state index contributed by atoms with van der Waals surface area (Å²) in [6.45, 7) is 6.55. The lowest BCUT2D eigenvalue weighted by Gasteiger charge is -2.30. The van der Waals surface area contributed by atoms with E-state index in [9.17, 15) is 4.79 Å². The van der Waals surface area contributed by atoms with Crippen molar-refractivity contribution in [2.24, 2.45) is 5.92 Å². The first-order valence-corrected chi connectivity index (χ1v) is 7.21. The minimum absolute atomic E-state index is 0.0608. The molecule has 4 unspecified atom stereocenters. The Labute approximate surface area is 105 Å². The Morgan fingerprint density at radius 1 is 1.24 bits per heavy atom. The molecule has 1 N–H and O–H groups in total. The SMILES string of the molecule is CCC1NC(C)N(C2CCCC(C)CC2)C1=O. The number of hydrogen-bond acceptors (Lipinski definition) is 2. The van der Waals surface area contributed by atoms with Gasteiger partial charge in [-0.2, -0.15) is 0 Å². The molecule has 2 aliphatic rings. The van der Waals surface area contributed by atoms with Gasteiger partial charge in [-0.1, -0.05) is 26.7 Å². The Morgan fingerprint density at radius 3 is 2.65 bits per heavy atom. The van der Waals surface area contributed by atoms with Gasteiger partial charge in [0.1, 0.15) is 0 Å². The van der Waals surface area contributed by atoms with Crippen molar-refractivity contribution >= 4 is 5.91 Å². The zero-order valence-corrected chi connectivity index (χ0v) is 11.4. The second-order valence-electron chi connectivity index (χ2n) is 5.82. The number of carbonyl (C=O) groups excluding carboxylic acids is 1. The fourth-order valence-corrected chi connectivity index (χ4v) is 3.35. The summed E-state index contributed by atoms with van der Waals surface area (Å²) in [5, 5.41) is 3.41. The molecule has 4 atom stereocenters. The molecule has 98 valence electrons. The van der Waals surface area contributed by atoms with Crippen LogP contribution in [0.3, 0.4) is 0 Å². The van der Waals surface area contributed by atoms with Gasteiger partial charge in [0, 0.05) is 6.04 Å². The second kappa shape index (κ2) is 5.38. The van der Waals surface area contributed by atoms with Crippen LogP contribution < -0.4 is 5.32 Å². The van der Waals surface area contributed by atoms with Gasteiger partial charge < -0.3 is 4.90 Å². The normalized spacial score (nSPS) is 39.5. The van der Waals surface area contributed by atoms with Crippen molar-refractivity contribution in [3.05, 3.63) is 0 Å². The van der Waals surface area contributed by atoms with E-state index >= 15 is 0 Å². The Balaban J connectivity index is 2.03. The van der Waals surface area contributed by atoms with Crippen LogP contribution in [0.2, 0.25) is 0 Å². The molecule has 0 bridgehead atoms. The predicted octanol–water partition coefficient (Wildman–Crippen LogP) is 2.51. The van der Waals surface area contributed by atoms with Gasteiger partial charge in [-0.05, 0) is 38.5 Å². The van der Waals surface area contributed by atoms with Crippen LogP contribution in [0.4, 0.5) is 0 Å². The standard InChI is InChI=1S/C14H26N2O/c1-4-13-14(17)16(11(3)15-13)12-7-5-6-10(2)8-9-12/h10-13,15H,4-9H2,1-3H3. The van der Waals surface area contributed by atoms with Crippen LogP contribution in [0.15, 0.2) is 0 Å². The lowest BCUT2D eigenvalue weighted by molar-refractivity contribution is -0.132. The highest BCUT2D eigenvalue weighted by molar-refractivity contribution is 5.84. The highest BCUT2D eigenvalue weighted by atomic mass is 16.2. The lowest BCUT2D eigenvalue weighted by Crippen LogP contribution is -2.42. The summed E-state index contributed by atoms with van der Waals surface area (Å²) in [7, 11) is 0. The first kappa shape index (κ1) is 12.9. The van der Waals surface area contributed by atoms with E-state index in [0.29, 0.717) is 11.9 Å². The van der Waals surface area contributed by atoms with Crippen LogP contribution in [-0.2, 0) is 4.79 Å². The number of rotatable bonds is 2. The summed E-state index contributed by atoms with van der Waals surface area (Å²) in [6, 6.07) is 0.539. The summed E-state index contributed by atoms with van der Waals surface area (Å²) in [4.78, 5) is 14.4. The molecule has 1 saturated heterocycles. The van der Waals surface area contributed by atoms with Gasteiger partial charge in [0.15, 0.2) is 0 Å². The van der Waals surface area contributed by atoms with Crippen molar-refractivity contribution in [2.75, 3.05) is 0 Å². The fourth-order valence-electron chi connectivity index (χ4n) is 3.35. The topological polar surface area (TPSA) is 32.3 Å². The van der Waals surface area contributed by atoms with Crippen molar-refractivity contribution in [2.45, 2.75) is 77.5 Å². The number of nitrogens with zero attached hydrogens (tertiary/aromatic N) is 1. The van der Waals surface area contributed by atoms with Crippen molar-refractivity contribution in [1.82, 2.24) is 10.2 Å². The van der Waals surface area contributed by atoms with E-state index in [-0.39, 0.29) is 12.2 Å². The highest BCUT2D eigenvalue weighted by Crippen LogP contribution is 2.29. The van der Waals surface area contributed by atoms with Crippen LogP contribution in [0.25, 0.3) is 0 Å². The number of nitrogens with one attached hydrogen (secondary N) is 1. The van der Waals surface area contributed by atoms with Gasteiger partial charge >= 0.3 is 0 Å². The largest absolute Gasteiger partial charge is 0.323 e. The molecule has 0 aromatic carbocycles. The zero-order chi connectivity index (χ0) is 12.4. The predicted molar refractivity (Wildman–Crippen MR) is 69.6 cm³/mol. The molecule has 3 heteroatoms. The minimum atomic E-state index is 0.0608. The molecule has 2 rings (SSSR count). The Morgan fingerprint density at radius 2 is 2.00 bits per heavy atom. The van der Waals surface area contributed by atoms with E-state index in [0.717, 1.165) is 12.3 Å². The molecule has 1 amide bonds. The van der Waals surface area contributed by atoms with E-state index in [1.807, 2.05) is 0 Å². The third kappa shape index (κ3) is 2.65. The fraction of sp³-hybridized carbons (Fsp3) is 0.929. The molecule has 0 aromatic heterocycles. The molecule has 3 nitrogen and oxygen atoms in total. The average Bonchev–Trinajstić information content (AvgIpc) is 2.48. The summed E-state index contributed by atoms with van der Waals surface area (Å²) in [5.41, 5.74) is 0. The van der Waals surface area contributed by atoms with E-state index in [1.165, 1.54) is 32.1 Å². The van der Waals surface area contributed by atoms with E-state index in [4.69, 9.17) is 0 Å². The first-order valence-electron chi connectivity index (χ1n) is 7.21. The van der Waals surface area contributed by atoms with Gasteiger partial charge in [0.25, 0.3) is 0 Å². The minimum Gasteiger partial charge on any atom is -0.323 e. The molecule has 0 radical (unpaired) electrons. The smallest absolute Gasteiger partial charge is 0.241 e. The number of carbonyl (C=O) groups is 1. The second-order valence-corrected chi connectivity index (χ2v) is 5.82. The molecule has 1 saturated carbocycles. The monoisotopic (exact) mass is 238 g/mol. The molecule has 1 aliphatic carbocycles. The van der Waals surface area contributed by atoms with Crippen LogP contribution in [0.5, 0.6) is 0 Å². The van der Waals surface area contributed by atoms with Crippen molar-refractivity contribution in [3.8, 4) is 0 Å². The molecule has 2 fully saturated rings. The summed E-state index contributed by atoms with van der Waals surface area (Å²) in [5.74, 6) is 1.17. The van der Waals surface area contributed by atoms with Gasteiger partial charge in [-0.3, -0.25) is 10.1 Å². The van der Waals surface area contributed by atoms with E-state index in [1.54, 1.807) is 0 Å². The summed E-state index contributed by atoms with van der Waals surface area (Å²) in [6.07, 6.45) is 7.40. The third-order valence-electron chi connectivity index (χ3n) is 4.44. The third-order valence-corrected chi connectivity index (χ3v) is 4.44. The van der Waals surface area contributed by atoms with Crippen LogP contribution in [0, 0.1) is 5.92 Å². The van der Waals surface area contributed by atoms with Crippen LogP contribution in [-0.4, -0.2) is 29.1 Å². The van der Waals surface area contributed by atoms with Gasteiger partial charge in [0.2, 0.25) is 5.91 Å². The van der Waals surface area contributed by atoms with Gasteiger partial charge in [-0.15, -0.1) is 0 Å². The number of hydrogen-bond donors (Lipinski definition) is 1. The van der Waals surface area contributed by atoms with Crippen molar-refractivity contribution in [3.63, 3.8) is 0 Å². The Kier molecular flexibility index (Phi) is 4.08. The quantitative estimate of drug-likeness (QED) is 0.750. The highest BCUT2D eigenvalue weighted by Gasteiger charge is 2.39. The summed E-state index contributed by atoms with van der Waals surface area (Å²) < 4.78 is 0. The summed E-state index contributed by atoms with van der Waals surface area (Å²) >= 11 is 0. The van der Waals surface area contributed by atoms with E-state index < -0.39 is 0 Å². The van der Waals surface area contributed by atoms with Crippen LogP contribution in [0.1, 0.15) is 59.3 Å². The van der Waals surface area contributed by atoms with Crippen LogP contribution >= 0.6 is 0 Å². The molecule has 0 spiro atoms. The lowest BCUT2D eigenvalue weighted by atomic mass is 10.0. The maximum absolute atomic E-state index is 12.3. The maximum atomic E-state index is 12.3. The molecule has 17 heavy (non-hydrogen) atoms. The van der Waals surface area contributed by atoms with E-state index in [2.05, 4.69) is 31.0 Å². The molecule has 1 heterocycles. The van der Waals surface area contributed by atoms with Crippen molar-refractivity contribution < 1.29 is 4.79 Å². The molecule has 0 aromatic rings. The zero-order valence-electron chi connectivity index (χ0n) is 11.4. The maximum Gasteiger partial charge on any atom is 0.241 e. The Hall–Kier alpha value is -0.570. The Bertz CT molecular complexity index is 279. The van der Waals surface area contributed by atoms with Gasteiger partial charge in [0.05, 0.1) is 12.2 Å². The first-order chi connectivity index (χ1) is 8.13. The molecular weight excluding hydrogens is 212 g/mol. The van der Waals surface area contributed by atoms with Crippen molar-refractivity contribution in [1.29, 1.82) is 0 Å². The molecular formula is C14H26N2O. The number of amides is 1.